The summed E-state index contributed by atoms with van der Waals surface area (Å²) >= 11 is 14.2. The fourth-order valence-corrected chi connectivity index (χ4v) is 7.79. The Morgan fingerprint density at radius 2 is 0.441 bits per heavy atom. The molecule has 0 aromatic heterocycles. The molecule has 0 unspecified atom stereocenters. The van der Waals surface area contributed by atoms with Crippen LogP contribution in [0.25, 0.3) is 0 Å². The molecule has 0 aromatic rings. The molecule has 0 saturated carbocycles. The first-order chi connectivity index (χ1) is 32.8. The summed E-state index contributed by atoms with van der Waals surface area (Å²) in [4.78, 5) is 33.7. The van der Waals surface area contributed by atoms with Gasteiger partial charge in [0.15, 0.2) is 0 Å². The van der Waals surface area contributed by atoms with Crippen LogP contribution in [0.1, 0.15) is 310 Å². The van der Waals surface area contributed by atoms with Gasteiger partial charge < -0.3 is 14.2 Å². The zero-order chi connectivity index (χ0) is 50.2. The summed E-state index contributed by atoms with van der Waals surface area (Å²) in [5, 5.41) is 0. The van der Waals surface area contributed by atoms with E-state index in [4.69, 9.17) is 52.1 Å². The monoisotopic (exact) mass is 1120 g/mol. The van der Waals surface area contributed by atoms with Crippen LogP contribution >= 0.6 is 37.9 Å². The second kappa shape index (κ2) is 76.2. The van der Waals surface area contributed by atoms with Crippen molar-refractivity contribution in [1.29, 1.82) is 0 Å². The van der Waals surface area contributed by atoms with Gasteiger partial charge in [-0.25, -0.2) is 0 Å². The summed E-state index contributed by atoms with van der Waals surface area (Å²) in [7, 11) is 0. The Kier molecular flexibility index (Phi) is 86.4. The minimum Gasteiger partial charge on any atom is -0.465 e. The maximum absolute atomic E-state index is 11.2. The molecule has 0 bridgehead atoms. The molecule has 68 heavy (non-hydrogen) atoms. The second-order valence-electron chi connectivity index (χ2n) is 18.6. The smallest absolute Gasteiger partial charge is 0.305 e. The fourth-order valence-electron chi connectivity index (χ4n) is 7.54. The van der Waals surface area contributed by atoms with E-state index in [-0.39, 0.29) is 41.8 Å². The van der Waals surface area contributed by atoms with E-state index in [0.29, 0.717) is 56.3 Å². The minimum atomic E-state index is -0.0806. The molecule has 0 aliphatic heterocycles. The first-order valence-electron chi connectivity index (χ1n) is 28.8. The van der Waals surface area contributed by atoms with Crippen LogP contribution in [-0.4, -0.2) is 78.9 Å². The van der Waals surface area contributed by atoms with E-state index in [1.54, 1.807) is 0 Å². The normalized spacial score (nSPS) is 10.4. The molecule has 0 aliphatic carbocycles. The maximum Gasteiger partial charge on any atom is 0.305 e. The number of ether oxygens (including phenoxy) is 3. The van der Waals surface area contributed by atoms with Gasteiger partial charge in [-0.05, 0) is 19.3 Å². The predicted molar refractivity (Wildman–Crippen MR) is 307 cm³/mol. The van der Waals surface area contributed by atoms with Crippen LogP contribution in [0.3, 0.4) is 0 Å². The first kappa shape index (κ1) is 77.2. The molecule has 0 heterocycles. The van der Waals surface area contributed by atoms with Gasteiger partial charge in [0, 0.05) is 60.4 Å². The number of hydrogen-bond acceptors (Lipinski definition) is 6. The SMILES string of the molecule is CCCCCCCCCCCCCCCC(=O)OCC[S].CCCCCCCCCCCCCCCC(=O)OCC[S].CCCCCCCCCCCCCCCC(=O)OCC[S].[CH2]CCC.[Sn]. The van der Waals surface area contributed by atoms with Crippen LogP contribution in [0.5, 0.6) is 0 Å². The van der Waals surface area contributed by atoms with E-state index in [1.165, 1.54) is 218 Å². The van der Waals surface area contributed by atoms with Gasteiger partial charge >= 0.3 is 17.9 Å². The van der Waals surface area contributed by atoms with Gasteiger partial charge in [-0.15, -0.1) is 0 Å². The summed E-state index contributed by atoms with van der Waals surface area (Å²) < 4.78 is 14.9. The zero-order valence-corrected chi connectivity index (χ0v) is 51.0. The third-order valence-corrected chi connectivity index (χ3v) is 12.3. The number of esters is 3. The molecule has 404 valence electrons. The number of hydrogen-bond donors (Lipinski definition) is 0. The van der Waals surface area contributed by atoms with Gasteiger partial charge in [0.25, 0.3) is 0 Å². The molecule has 0 spiro atoms. The number of carbonyl (C=O) groups is 3. The summed E-state index contributed by atoms with van der Waals surface area (Å²) in [5.41, 5.74) is 0. The largest absolute Gasteiger partial charge is 0.465 e. The standard InChI is InChI=1S/3C18H35O2S.C4H9.Sn/c3*1-2-3-4-5-6-7-8-9-10-11-12-13-14-15-18(19)20-16-17-21;1-3-4-2;/h3*2-17H2,1H3;1,3-4H2,2H3;. The van der Waals surface area contributed by atoms with E-state index in [0.717, 1.165) is 44.9 Å². The van der Waals surface area contributed by atoms with Crippen molar-refractivity contribution in [1.82, 2.24) is 0 Å². The van der Waals surface area contributed by atoms with E-state index >= 15 is 0 Å². The van der Waals surface area contributed by atoms with Gasteiger partial charge in [-0.2, -0.15) is 0 Å². The topological polar surface area (TPSA) is 78.9 Å². The van der Waals surface area contributed by atoms with Crippen molar-refractivity contribution in [3.63, 3.8) is 0 Å². The summed E-state index contributed by atoms with van der Waals surface area (Å²) in [6.45, 7) is 13.7. The Bertz CT molecular complexity index is 804. The molecule has 0 saturated heterocycles. The summed E-state index contributed by atoms with van der Waals surface area (Å²) in [6.07, 6.45) is 55.7. The molecule has 8 radical (unpaired) electrons. The number of unbranched alkanes of at least 4 members (excludes halogenated alkanes) is 37. The summed E-state index contributed by atoms with van der Waals surface area (Å²) in [6, 6.07) is 0. The van der Waals surface area contributed by atoms with Crippen LogP contribution in [0.2, 0.25) is 0 Å². The van der Waals surface area contributed by atoms with Crippen LogP contribution < -0.4 is 0 Å². The molecule has 0 rings (SSSR count). The van der Waals surface area contributed by atoms with Crippen LogP contribution in [-0.2, 0) is 28.6 Å². The van der Waals surface area contributed by atoms with E-state index in [2.05, 4.69) is 34.6 Å². The molecule has 0 atom stereocenters. The summed E-state index contributed by atoms with van der Waals surface area (Å²) in [5.74, 6) is 1.27. The van der Waals surface area contributed by atoms with E-state index in [9.17, 15) is 14.4 Å². The van der Waals surface area contributed by atoms with Gasteiger partial charge in [0.2, 0.25) is 0 Å². The quantitative estimate of drug-likeness (QED) is 0.0261. The molecule has 0 aromatic carbocycles. The first-order valence-corrected chi connectivity index (χ1v) is 30.6. The maximum atomic E-state index is 11.2. The molecule has 0 aliphatic rings. The molecular formula is C58H114O6S3Sn. The van der Waals surface area contributed by atoms with Gasteiger partial charge in [-0.1, -0.05) is 316 Å². The minimum absolute atomic E-state index is 0. The Labute approximate surface area is 459 Å². The van der Waals surface area contributed by atoms with Crippen LogP contribution in [0.15, 0.2) is 0 Å². The molecule has 6 nitrogen and oxygen atoms in total. The average Bonchev–Trinajstić information content (AvgIpc) is 3.34. The Morgan fingerprint density at radius 1 is 0.294 bits per heavy atom. The van der Waals surface area contributed by atoms with Crippen LogP contribution in [0, 0.1) is 6.92 Å². The van der Waals surface area contributed by atoms with Crippen molar-refractivity contribution in [3.8, 4) is 0 Å². The molecule has 0 fully saturated rings. The second-order valence-corrected chi connectivity index (χ2v) is 19.8. The average molecular weight is 1120 g/mol. The third kappa shape index (κ3) is 83.1. The number of rotatable bonds is 49. The van der Waals surface area contributed by atoms with E-state index < -0.39 is 0 Å². The van der Waals surface area contributed by atoms with Gasteiger partial charge in [0.1, 0.15) is 19.8 Å². The van der Waals surface area contributed by atoms with Crippen molar-refractivity contribution in [2.75, 3.05) is 37.1 Å². The Balaban J connectivity index is -0.000000278. The van der Waals surface area contributed by atoms with Crippen molar-refractivity contribution >= 4 is 79.7 Å². The van der Waals surface area contributed by atoms with Gasteiger partial charge in [0.05, 0.1) is 0 Å². The van der Waals surface area contributed by atoms with Crippen molar-refractivity contribution in [3.05, 3.63) is 6.92 Å². The molecule has 0 amide bonds. The number of carbonyl (C=O) groups excluding carboxylic acids is 3. The third-order valence-electron chi connectivity index (χ3n) is 11.8. The fraction of sp³-hybridized carbons (Fsp3) is 0.931. The Morgan fingerprint density at radius 3 is 0.574 bits per heavy atom. The van der Waals surface area contributed by atoms with E-state index in [1.807, 2.05) is 0 Å². The van der Waals surface area contributed by atoms with Gasteiger partial charge in [-0.3, -0.25) is 14.4 Å². The zero-order valence-electron chi connectivity index (χ0n) is 45.7. The van der Waals surface area contributed by atoms with Crippen molar-refractivity contribution in [2.45, 2.75) is 310 Å². The molecular weight excluding hydrogens is 1010 g/mol. The predicted octanol–water partition coefficient (Wildman–Crippen LogP) is 19.9. The van der Waals surface area contributed by atoms with Crippen molar-refractivity contribution in [2.24, 2.45) is 0 Å². The molecule has 0 N–H and O–H groups in total. The van der Waals surface area contributed by atoms with Crippen LogP contribution in [0.4, 0.5) is 0 Å². The molecule has 10 heteroatoms. The Hall–Kier alpha value is 0.259. The van der Waals surface area contributed by atoms with Crippen molar-refractivity contribution < 1.29 is 28.6 Å².